The molecule has 1 fully saturated rings. The van der Waals surface area contributed by atoms with Gasteiger partial charge >= 0.3 is 0 Å². The summed E-state index contributed by atoms with van der Waals surface area (Å²) in [5.41, 5.74) is -0.174. The van der Waals surface area contributed by atoms with Crippen LogP contribution in [0.5, 0.6) is 0 Å². The van der Waals surface area contributed by atoms with Gasteiger partial charge in [0.2, 0.25) is 11.8 Å². The maximum Gasteiger partial charge on any atom is 0.235 e. The maximum absolute atomic E-state index is 13.5. The zero-order chi connectivity index (χ0) is 23.4. The third kappa shape index (κ3) is 4.83. The normalized spacial score (nSPS) is 24.7. The summed E-state index contributed by atoms with van der Waals surface area (Å²) in [6.45, 7) is 1.46. The highest BCUT2D eigenvalue weighted by atomic mass is 16.3. The second-order valence-corrected chi connectivity index (χ2v) is 8.45. The molecule has 0 aliphatic heterocycles. The van der Waals surface area contributed by atoms with Crippen LogP contribution in [-0.4, -0.2) is 33.3 Å². The van der Waals surface area contributed by atoms with E-state index in [1.807, 2.05) is 12.1 Å². The maximum atomic E-state index is 13.5. The summed E-state index contributed by atoms with van der Waals surface area (Å²) in [6.07, 6.45) is 1.22. The van der Waals surface area contributed by atoms with Crippen molar-refractivity contribution in [1.82, 2.24) is 4.98 Å². The lowest BCUT2D eigenvalue weighted by Crippen LogP contribution is -2.56. The zero-order valence-corrected chi connectivity index (χ0v) is 18.1. The smallest absolute Gasteiger partial charge is 0.235 e. The fourth-order valence-corrected chi connectivity index (χ4v) is 4.50. The molecule has 1 saturated carbocycles. The molecule has 4 atom stereocenters. The number of ketones is 1. The van der Waals surface area contributed by atoms with Crippen LogP contribution in [0.2, 0.25) is 0 Å². The summed E-state index contributed by atoms with van der Waals surface area (Å²) >= 11 is 0. The topological polar surface area (TPSA) is 108 Å². The van der Waals surface area contributed by atoms with Crippen molar-refractivity contribution in [3.63, 3.8) is 0 Å². The van der Waals surface area contributed by atoms with E-state index in [9.17, 15) is 19.5 Å². The number of aromatic nitrogens is 1. The average Bonchev–Trinajstić information content (AvgIpc) is 2.79. The fraction of sp³-hybridized carbons (Fsp3) is 0.231. The molecule has 3 N–H and O–H groups in total. The van der Waals surface area contributed by atoms with Crippen LogP contribution in [0.15, 0.2) is 85.1 Å². The molecule has 168 valence electrons. The first-order chi connectivity index (χ1) is 15.9. The molecule has 7 heteroatoms. The van der Waals surface area contributed by atoms with Crippen molar-refractivity contribution >= 4 is 29.0 Å². The molecule has 0 spiro atoms. The summed E-state index contributed by atoms with van der Waals surface area (Å²) in [5.74, 6) is -4.67. The highest BCUT2D eigenvalue weighted by Gasteiger charge is 2.56. The molecule has 2 amide bonds. The predicted molar refractivity (Wildman–Crippen MR) is 124 cm³/mol. The van der Waals surface area contributed by atoms with Crippen molar-refractivity contribution in [2.24, 2.45) is 11.8 Å². The number of carbonyl (C=O) groups is 3. The molecule has 2 aromatic carbocycles. The zero-order valence-electron chi connectivity index (χ0n) is 18.1. The van der Waals surface area contributed by atoms with Crippen LogP contribution in [0.3, 0.4) is 0 Å². The Kier molecular flexibility index (Phi) is 6.33. The lowest BCUT2D eigenvalue weighted by molar-refractivity contribution is -0.151. The number of rotatable bonds is 5. The van der Waals surface area contributed by atoms with Crippen LogP contribution in [0.1, 0.15) is 25.0 Å². The minimum Gasteiger partial charge on any atom is -0.389 e. The molecule has 0 bridgehead atoms. The number of anilines is 2. The van der Waals surface area contributed by atoms with Crippen LogP contribution in [-0.2, 0) is 14.4 Å². The van der Waals surface area contributed by atoms with Crippen molar-refractivity contribution in [2.75, 3.05) is 10.6 Å². The summed E-state index contributed by atoms with van der Waals surface area (Å²) in [7, 11) is 0. The number of hydrogen-bond donors (Lipinski definition) is 3. The summed E-state index contributed by atoms with van der Waals surface area (Å²) in [4.78, 5) is 44.3. The van der Waals surface area contributed by atoms with Crippen molar-refractivity contribution in [3.8, 4) is 0 Å². The summed E-state index contributed by atoms with van der Waals surface area (Å²) in [6, 6.07) is 22.8. The predicted octanol–water partition coefficient (Wildman–Crippen LogP) is 3.40. The van der Waals surface area contributed by atoms with E-state index in [1.165, 1.54) is 6.92 Å². The van der Waals surface area contributed by atoms with Gasteiger partial charge in [-0.15, -0.1) is 0 Å². The van der Waals surface area contributed by atoms with Gasteiger partial charge in [0.1, 0.15) is 11.7 Å². The van der Waals surface area contributed by atoms with Crippen molar-refractivity contribution in [2.45, 2.75) is 24.9 Å². The Bertz CT molecular complexity index is 1130. The number of hydrogen-bond acceptors (Lipinski definition) is 5. The monoisotopic (exact) mass is 443 g/mol. The molecule has 3 aromatic rings. The second-order valence-electron chi connectivity index (χ2n) is 8.45. The molecule has 0 radical (unpaired) electrons. The molecule has 1 aromatic heterocycles. The molecule has 7 nitrogen and oxygen atoms in total. The Morgan fingerprint density at radius 2 is 1.42 bits per heavy atom. The number of carbonyl (C=O) groups excluding carboxylic acids is 3. The second kappa shape index (κ2) is 9.34. The highest BCUT2D eigenvalue weighted by molar-refractivity contribution is 6.10. The first kappa shape index (κ1) is 22.4. The van der Waals surface area contributed by atoms with E-state index in [-0.39, 0.29) is 6.42 Å². The molecule has 4 rings (SSSR count). The quantitative estimate of drug-likeness (QED) is 0.524. The number of amides is 2. The molecular formula is C26H25N3O4. The average molecular weight is 444 g/mol. The first-order valence-corrected chi connectivity index (χ1v) is 10.7. The summed E-state index contributed by atoms with van der Waals surface area (Å²) in [5, 5.41) is 16.8. The Morgan fingerprint density at radius 3 is 1.97 bits per heavy atom. The lowest BCUT2D eigenvalue weighted by atomic mass is 9.62. The van der Waals surface area contributed by atoms with Crippen LogP contribution < -0.4 is 10.6 Å². The summed E-state index contributed by atoms with van der Waals surface area (Å²) < 4.78 is 0. The molecule has 1 heterocycles. The van der Waals surface area contributed by atoms with E-state index in [1.54, 1.807) is 72.9 Å². The number of Topliss-reactive ketones (excluding diaryl/α,β-unsaturated/α-hetero) is 1. The van der Waals surface area contributed by atoms with Crippen molar-refractivity contribution in [3.05, 3.63) is 90.8 Å². The van der Waals surface area contributed by atoms with Crippen molar-refractivity contribution in [1.29, 1.82) is 0 Å². The van der Waals surface area contributed by atoms with E-state index < -0.39 is 41.0 Å². The van der Waals surface area contributed by atoms with E-state index in [4.69, 9.17) is 0 Å². The van der Waals surface area contributed by atoms with Gasteiger partial charge in [-0.05, 0) is 43.3 Å². The van der Waals surface area contributed by atoms with Gasteiger partial charge in [-0.1, -0.05) is 42.5 Å². The lowest BCUT2D eigenvalue weighted by Gasteiger charge is -2.44. The number of nitrogens with one attached hydrogen (secondary N) is 2. The Morgan fingerprint density at radius 1 is 0.879 bits per heavy atom. The van der Waals surface area contributed by atoms with E-state index in [2.05, 4.69) is 15.6 Å². The van der Waals surface area contributed by atoms with E-state index in [0.29, 0.717) is 17.1 Å². The minimum absolute atomic E-state index is 0.323. The van der Waals surface area contributed by atoms with Gasteiger partial charge in [0, 0.05) is 35.6 Å². The van der Waals surface area contributed by atoms with Crippen LogP contribution in [0.4, 0.5) is 11.4 Å². The van der Waals surface area contributed by atoms with Gasteiger partial charge in [-0.2, -0.15) is 0 Å². The minimum atomic E-state index is -1.67. The largest absolute Gasteiger partial charge is 0.389 e. The molecule has 1 aliphatic rings. The standard InChI is InChI=1S/C26H25N3O4/c1-26(33)16-20(30)22(24(31)28-17-10-4-2-5-11-17)21(19-14-8-9-15-27-19)23(26)25(32)29-18-12-6-3-7-13-18/h2-15,21-23,33H,16H2,1H3,(H,28,31)(H,29,32)/t21-,22-,23+,26-/m0/s1. The van der Waals surface area contributed by atoms with Crippen LogP contribution in [0.25, 0.3) is 0 Å². The number of benzene rings is 2. The first-order valence-electron chi connectivity index (χ1n) is 10.7. The SMILES string of the molecule is C[C@]1(O)CC(=O)[C@H](C(=O)Nc2ccccc2)[C@H](c2ccccn2)[C@@H]1C(=O)Nc1ccccc1. The third-order valence-electron chi connectivity index (χ3n) is 5.94. The van der Waals surface area contributed by atoms with Crippen LogP contribution >= 0.6 is 0 Å². The number of pyridine rings is 1. The number of aliphatic hydroxyl groups is 1. The van der Waals surface area contributed by atoms with Gasteiger partial charge in [-0.25, -0.2) is 0 Å². The van der Waals surface area contributed by atoms with Gasteiger partial charge in [0.15, 0.2) is 0 Å². The number of nitrogens with zero attached hydrogens (tertiary/aromatic N) is 1. The molecule has 0 saturated heterocycles. The highest BCUT2D eigenvalue weighted by Crippen LogP contribution is 2.46. The Labute approximate surface area is 191 Å². The molecule has 0 unspecified atom stereocenters. The van der Waals surface area contributed by atoms with Gasteiger partial charge in [0.25, 0.3) is 0 Å². The third-order valence-corrected chi connectivity index (χ3v) is 5.94. The van der Waals surface area contributed by atoms with Gasteiger partial charge < -0.3 is 15.7 Å². The molecular weight excluding hydrogens is 418 g/mol. The van der Waals surface area contributed by atoms with E-state index >= 15 is 0 Å². The van der Waals surface area contributed by atoms with Gasteiger partial charge in [-0.3, -0.25) is 19.4 Å². The number of para-hydroxylation sites is 2. The fourth-order valence-electron chi connectivity index (χ4n) is 4.50. The molecule has 1 aliphatic carbocycles. The van der Waals surface area contributed by atoms with Gasteiger partial charge in [0.05, 0.1) is 11.5 Å². The van der Waals surface area contributed by atoms with Crippen LogP contribution in [0, 0.1) is 11.8 Å². The molecule has 33 heavy (non-hydrogen) atoms. The Balaban J connectivity index is 1.74. The Hall–Kier alpha value is -3.84. The van der Waals surface area contributed by atoms with E-state index in [0.717, 1.165) is 0 Å². The van der Waals surface area contributed by atoms with Crippen molar-refractivity contribution < 1.29 is 19.5 Å².